The van der Waals surface area contributed by atoms with E-state index < -0.39 is 16.7 Å². The second-order valence-corrected chi connectivity index (χ2v) is 8.90. The van der Waals surface area contributed by atoms with Crippen LogP contribution < -0.4 is 15.1 Å². The Bertz CT molecular complexity index is 1580. The number of hydrogen-bond donors (Lipinski definition) is 1. The summed E-state index contributed by atoms with van der Waals surface area (Å²) >= 11 is 6.27. The largest absolute Gasteiger partial charge is 0.495 e. The van der Waals surface area contributed by atoms with Gasteiger partial charge in [-0.05, 0) is 36.4 Å². The number of nitro groups is 1. The minimum Gasteiger partial charge on any atom is -0.495 e. The summed E-state index contributed by atoms with van der Waals surface area (Å²) in [6, 6.07) is 15.1. The number of aromatic nitrogens is 2. The summed E-state index contributed by atoms with van der Waals surface area (Å²) in [6.07, 6.45) is 1.38. The van der Waals surface area contributed by atoms with Gasteiger partial charge in [-0.15, -0.1) is 0 Å². The average molecular weight is 537 g/mol. The number of hydrazone groups is 1. The number of carbonyl (C=O) groups is 2. The highest BCUT2D eigenvalue weighted by Gasteiger charge is 2.35. The van der Waals surface area contributed by atoms with Gasteiger partial charge in [0, 0.05) is 24.6 Å². The summed E-state index contributed by atoms with van der Waals surface area (Å²) in [5.41, 5.74) is 4.48. The molecule has 1 unspecified atom stereocenters. The minimum atomic E-state index is -0.667. The number of ether oxygens (including phenoxy) is 1. The number of carbonyl (C=O) groups excluding carboxylic acids is 2. The molecule has 0 saturated carbocycles. The van der Waals surface area contributed by atoms with E-state index in [1.165, 1.54) is 25.5 Å². The first-order valence-electron chi connectivity index (χ1n) is 11.5. The maximum absolute atomic E-state index is 13.0. The van der Waals surface area contributed by atoms with E-state index in [-0.39, 0.29) is 30.6 Å². The Morgan fingerprint density at radius 3 is 2.87 bits per heavy atom. The first-order chi connectivity index (χ1) is 18.3. The fraction of sp³-hybridized carbons (Fsp3) is 0.200. The van der Waals surface area contributed by atoms with E-state index in [0.29, 0.717) is 34.3 Å². The highest BCUT2D eigenvalue weighted by Crippen LogP contribution is 2.36. The van der Waals surface area contributed by atoms with Crippen molar-refractivity contribution >= 4 is 52.2 Å². The van der Waals surface area contributed by atoms with Crippen LogP contribution in [-0.4, -0.2) is 46.2 Å². The molecule has 13 heteroatoms. The number of fused-ring (bicyclic) bond motifs is 1. The average Bonchev–Trinajstić information content (AvgIpc) is 3.61. The molecule has 0 aliphatic carbocycles. The first kappa shape index (κ1) is 25.0. The van der Waals surface area contributed by atoms with Crippen LogP contribution in [0.4, 0.5) is 11.6 Å². The molecule has 38 heavy (non-hydrogen) atoms. The van der Waals surface area contributed by atoms with Gasteiger partial charge in [-0.1, -0.05) is 23.7 Å². The quantitative estimate of drug-likeness (QED) is 0.204. The lowest BCUT2D eigenvalue weighted by molar-refractivity contribution is -0.402. The Hall–Kier alpha value is -4.71. The molecule has 2 amide bonds. The standard InChI is InChI=1S/C25H21ClN6O6/c1-37-21-8-6-16(11-18(21)26)30-13-15(10-23(30)34)25-28-19-4-2-3-5-20(19)31(25)14-22(33)29-27-12-17-7-9-24(38-17)32(35)36/h2-9,11-12,15H,10,13-14H2,1H3,(H,29,33)/b27-12+. The van der Waals surface area contributed by atoms with Crippen molar-refractivity contribution in [3.63, 3.8) is 0 Å². The van der Waals surface area contributed by atoms with Gasteiger partial charge < -0.3 is 18.6 Å². The highest BCUT2D eigenvalue weighted by atomic mass is 35.5. The van der Waals surface area contributed by atoms with Crippen molar-refractivity contribution in [2.45, 2.75) is 18.9 Å². The van der Waals surface area contributed by atoms with Crippen LogP contribution in [0.3, 0.4) is 0 Å². The van der Waals surface area contributed by atoms with Gasteiger partial charge in [0.25, 0.3) is 5.91 Å². The van der Waals surface area contributed by atoms with Crippen molar-refractivity contribution in [3.8, 4) is 5.75 Å². The first-order valence-corrected chi connectivity index (χ1v) is 11.9. The molecule has 4 aromatic rings. The Balaban J connectivity index is 1.35. The maximum Gasteiger partial charge on any atom is 0.433 e. The number of hydrogen-bond acceptors (Lipinski definition) is 8. The number of furan rings is 1. The number of nitrogens with one attached hydrogen (secondary N) is 1. The molecule has 2 aromatic heterocycles. The van der Waals surface area contributed by atoms with Crippen molar-refractivity contribution in [1.29, 1.82) is 0 Å². The van der Waals surface area contributed by atoms with Crippen molar-refractivity contribution in [2.75, 3.05) is 18.6 Å². The smallest absolute Gasteiger partial charge is 0.433 e. The molecule has 0 spiro atoms. The van der Waals surface area contributed by atoms with Crippen molar-refractivity contribution in [2.24, 2.45) is 5.10 Å². The normalized spacial score (nSPS) is 15.5. The fourth-order valence-electron chi connectivity index (χ4n) is 4.38. The van der Waals surface area contributed by atoms with Crippen LogP contribution in [0.5, 0.6) is 5.75 Å². The molecule has 1 N–H and O–H groups in total. The summed E-state index contributed by atoms with van der Waals surface area (Å²) in [7, 11) is 1.52. The van der Waals surface area contributed by atoms with Gasteiger partial charge in [-0.2, -0.15) is 5.10 Å². The number of rotatable bonds is 8. The molecule has 12 nitrogen and oxygen atoms in total. The molecule has 0 radical (unpaired) electrons. The third kappa shape index (κ3) is 4.93. The van der Waals surface area contributed by atoms with Gasteiger partial charge >= 0.3 is 5.88 Å². The molecule has 5 rings (SSSR count). The Kier molecular flexibility index (Phi) is 6.79. The third-order valence-electron chi connectivity index (χ3n) is 6.10. The maximum atomic E-state index is 13.0. The van der Waals surface area contributed by atoms with E-state index in [1.807, 2.05) is 24.3 Å². The van der Waals surface area contributed by atoms with E-state index in [0.717, 1.165) is 5.52 Å². The number of imidazole rings is 1. The zero-order valence-corrected chi connectivity index (χ0v) is 20.8. The summed E-state index contributed by atoms with van der Waals surface area (Å²) in [5, 5.41) is 15.0. The van der Waals surface area contributed by atoms with E-state index in [1.54, 1.807) is 27.7 Å². The number of halogens is 1. The van der Waals surface area contributed by atoms with Gasteiger partial charge in [0.05, 0.1) is 35.4 Å². The second kappa shape index (κ2) is 10.3. The lowest BCUT2D eigenvalue weighted by Crippen LogP contribution is -2.26. The molecule has 194 valence electrons. The highest BCUT2D eigenvalue weighted by molar-refractivity contribution is 6.32. The van der Waals surface area contributed by atoms with Crippen LogP contribution in [0.25, 0.3) is 11.0 Å². The number of benzene rings is 2. The number of anilines is 1. The van der Waals surface area contributed by atoms with Gasteiger partial charge in [-0.25, -0.2) is 10.4 Å². The van der Waals surface area contributed by atoms with Crippen molar-refractivity contribution in [3.05, 3.63) is 81.3 Å². The molecular weight excluding hydrogens is 516 g/mol. The topological polar surface area (TPSA) is 145 Å². The fourth-order valence-corrected chi connectivity index (χ4v) is 4.63. The summed E-state index contributed by atoms with van der Waals surface area (Å²) in [5.74, 6) is 0.00197. The van der Waals surface area contributed by atoms with Crippen molar-refractivity contribution in [1.82, 2.24) is 15.0 Å². The zero-order valence-electron chi connectivity index (χ0n) is 20.0. The van der Waals surface area contributed by atoms with Crippen LogP contribution in [0.2, 0.25) is 5.02 Å². The van der Waals surface area contributed by atoms with Crippen LogP contribution in [0, 0.1) is 10.1 Å². The van der Waals surface area contributed by atoms with Crippen LogP contribution in [0.15, 0.2) is 64.1 Å². The molecule has 1 aliphatic heterocycles. The monoisotopic (exact) mass is 536 g/mol. The SMILES string of the molecule is COc1ccc(N2CC(c3nc4ccccc4n3CC(=O)N/N=C/c3ccc([N+](=O)[O-])o3)CC2=O)cc1Cl. The Labute approximate surface area is 220 Å². The summed E-state index contributed by atoms with van der Waals surface area (Å²) in [6.45, 7) is 0.256. The Morgan fingerprint density at radius 1 is 1.32 bits per heavy atom. The molecule has 1 atom stereocenters. The molecule has 1 saturated heterocycles. The number of nitrogens with zero attached hydrogens (tertiary/aromatic N) is 5. The van der Waals surface area contributed by atoms with E-state index >= 15 is 0 Å². The van der Waals surface area contributed by atoms with E-state index in [4.69, 9.17) is 25.7 Å². The van der Waals surface area contributed by atoms with Crippen molar-refractivity contribution < 1.29 is 23.7 Å². The van der Waals surface area contributed by atoms with Crippen LogP contribution >= 0.6 is 11.6 Å². The minimum absolute atomic E-state index is 0.0866. The zero-order chi connectivity index (χ0) is 26.8. The molecule has 2 aromatic carbocycles. The number of methoxy groups -OCH3 is 1. The lowest BCUT2D eigenvalue weighted by atomic mass is 10.1. The van der Waals surface area contributed by atoms with E-state index in [9.17, 15) is 19.7 Å². The number of amides is 2. The third-order valence-corrected chi connectivity index (χ3v) is 6.39. The summed E-state index contributed by atoms with van der Waals surface area (Å²) in [4.78, 5) is 42.2. The molecule has 1 aliphatic rings. The van der Waals surface area contributed by atoms with Crippen LogP contribution in [0.1, 0.15) is 23.9 Å². The Morgan fingerprint density at radius 2 is 2.13 bits per heavy atom. The lowest BCUT2D eigenvalue weighted by Gasteiger charge is -2.18. The molecule has 0 bridgehead atoms. The van der Waals surface area contributed by atoms with Crippen LogP contribution in [-0.2, 0) is 16.1 Å². The molecular formula is C25H21ClN6O6. The predicted octanol–water partition coefficient (Wildman–Crippen LogP) is 3.87. The molecule has 3 heterocycles. The molecule has 1 fully saturated rings. The summed E-state index contributed by atoms with van der Waals surface area (Å²) < 4.78 is 12.0. The van der Waals surface area contributed by atoms with E-state index in [2.05, 4.69) is 10.5 Å². The van der Waals surface area contributed by atoms with Gasteiger partial charge in [0.1, 0.15) is 23.0 Å². The number of para-hydroxylation sites is 2. The van der Waals surface area contributed by atoms with Gasteiger partial charge in [-0.3, -0.25) is 19.7 Å². The van der Waals surface area contributed by atoms with Gasteiger partial charge in [0.15, 0.2) is 5.76 Å². The predicted molar refractivity (Wildman–Crippen MR) is 139 cm³/mol. The van der Waals surface area contributed by atoms with Gasteiger partial charge in [0.2, 0.25) is 5.91 Å². The second-order valence-electron chi connectivity index (χ2n) is 8.50.